The Bertz CT molecular complexity index is 556. The molecule has 0 spiro atoms. The minimum atomic E-state index is -0.600. The fourth-order valence-corrected chi connectivity index (χ4v) is 2.49. The van der Waals surface area contributed by atoms with Crippen molar-refractivity contribution in [2.75, 3.05) is 7.11 Å². The fraction of sp³-hybridized carbons (Fsp3) is 0.250. The first-order valence-electron chi connectivity index (χ1n) is 6.30. The van der Waals surface area contributed by atoms with Gasteiger partial charge in [-0.1, -0.05) is 48.9 Å². The van der Waals surface area contributed by atoms with E-state index in [0.717, 1.165) is 23.3 Å². The lowest BCUT2D eigenvalue weighted by Gasteiger charge is -2.31. The Morgan fingerprint density at radius 3 is 2.42 bits per heavy atom. The van der Waals surface area contributed by atoms with Gasteiger partial charge in [0.15, 0.2) is 0 Å². The molecule has 3 heteroatoms. The van der Waals surface area contributed by atoms with Crippen molar-refractivity contribution < 1.29 is 4.74 Å². The van der Waals surface area contributed by atoms with Gasteiger partial charge in [0.25, 0.3) is 0 Å². The van der Waals surface area contributed by atoms with Crippen LogP contribution in [0.4, 0.5) is 0 Å². The standard InChI is InChI=1S/C16H18ClNO/c1-3-16(18,12-7-5-4-6-8-12)14-11-13(17)9-10-15(14)19-2/h4-11H,3,18H2,1-2H3. The van der Waals surface area contributed by atoms with Crippen LogP contribution < -0.4 is 10.5 Å². The van der Waals surface area contributed by atoms with E-state index in [4.69, 9.17) is 22.1 Å². The number of hydrogen-bond acceptors (Lipinski definition) is 2. The number of hydrogen-bond donors (Lipinski definition) is 1. The third kappa shape index (κ3) is 2.60. The first-order valence-corrected chi connectivity index (χ1v) is 6.68. The Morgan fingerprint density at radius 1 is 1.16 bits per heavy atom. The van der Waals surface area contributed by atoms with Crippen molar-refractivity contribution in [3.05, 3.63) is 64.7 Å². The molecule has 0 saturated heterocycles. The van der Waals surface area contributed by atoms with E-state index in [0.29, 0.717) is 5.02 Å². The summed E-state index contributed by atoms with van der Waals surface area (Å²) < 4.78 is 5.43. The number of nitrogens with two attached hydrogens (primary N) is 1. The van der Waals surface area contributed by atoms with Crippen LogP contribution in [0.5, 0.6) is 5.75 Å². The molecule has 0 fully saturated rings. The van der Waals surface area contributed by atoms with Gasteiger partial charge in [-0.2, -0.15) is 0 Å². The normalized spacial score (nSPS) is 13.9. The molecular weight excluding hydrogens is 258 g/mol. The van der Waals surface area contributed by atoms with Gasteiger partial charge in [0.2, 0.25) is 0 Å². The van der Waals surface area contributed by atoms with Crippen molar-refractivity contribution in [3.8, 4) is 5.75 Å². The van der Waals surface area contributed by atoms with Gasteiger partial charge in [-0.3, -0.25) is 0 Å². The Labute approximate surface area is 119 Å². The summed E-state index contributed by atoms with van der Waals surface area (Å²) in [5, 5.41) is 0.662. The molecule has 2 nitrogen and oxygen atoms in total. The Kier molecular flexibility index (Phi) is 4.13. The molecule has 0 heterocycles. The number of ether oxygens (including phenoxy) is 1. The molecule has 2 rings (SSSR count). The molecule has 19 heavy (non-hydrogen) atoms. The monoisotopic (exact) mass is 275 g/mol. The lowest BCUT2D eigenvalue weighted by molar-refractivity contribution is 0.391. The third-order valence-corrected chi connectivity index (χ3v) is 3.72. The van der Waals surface area contributed by atoms with E-state index in [2.05, 4.69) is 6.92 Å². The van der Waals surface area contributed by atoms with E-state index in [9.17, 15) is 0 Å². The molecule has 0 radical (unpaired) electrons. The molecule has 100 valence electrons. The Hall–Kier alpha value is -1.51. The molecule has 1 atom stereocenters. The summed E-state index contributed by atoms with van der Waals surface area (Å²) in [6, 6.07) is 15.6. The molecule has 0 aliphatic rings. The molecule has 0 aromatic heterocycles. The van der Waals surface area contributed by atoms with Crippen LogP contribution in [0, 0.1) is 0 Å². The van der Waals surface area contributed by atoms with Crippen LogP contribution in [0.3, 0.4) is 0 Å². The molecule has 0 aliphatic heterocycles. The summed E-state index contributed by atoms with van der Waals surface area (Å²) in [4.78, 5) is 0. The summed E-state index contributed by atoms with van der Waals surface area (Å²) in [6.45, 7) is 2.06. The Morgan fingerprint density at radius 2 is 1.84 bits per heavy atom. The second kappa shape index (κ2) is 5.64. The average Bonchev–Trinajstić information content (AvgIpc) is 2.47. The summed E-state index contributed by atoms with van der Waals surface area (Å²) in [6.07, 6.45) is 0.758. The summed E-state index contributed by atoms with van der Waals surface area (Å²) in [5.41, 5.74) is 8.01. The minimum absolute atomic E-state index is 0.600. The zero-order valence-corrected chi connectivity index (χ0v) is 11.9. The van der Waals surface area contributed by atoms with Crippen LogP contribution in [0.25, 0.3) is 0 Å². The molecule has 0 aliphatic carbocycles. The molecule has 0 amide bonds. The van der Waals surface area contributed by atoms with Crippen molar-refractivity contribution in [1.82, 2.24) is 0 Å². The number of methoxy groups -OCH3 is 1. The zero-order chi connectivity index (χ0) is 13.9. The second-order valence-electron chi connectivity index (χ2n) is 4.54. The smallest absolute Gasteiger partial charge is 0.124 e. The van der Waals surface area contributed by atoms with E-state index >= 15 is 0 Å². The lowest BCUT2D eigenvalue weighted by Crippen LogP contribution is -2.37. The predicted octanol–water partition coefficient (Wildman–Crippen LogP) is 3.96. The zero-order valence-electron chi connectivity index (χ0n) is 11.2. The molecule has 2 N–H and O–H groups in total. The van der Waals surface area contributed by atoms with Gasteiger partial charge in [0.1, 0.15) is 5.75 Å². The molecule has 0 saturated carbocycles. The highest BCUT2D eigenvalue weighted by atomic mass is 35.5. The van der Waals surface area contributed by atoms with Crippen LogP contribution in [0.1, 0.15) is 24.5 Å². The van der Waals surface area contributed by atoms with Gasteiger partial charge in [0, 0.05) is 10.6 Å². The fourth-order valence-electron chi connectivity index (χ4n) is 2.31. The van der Waals surface area contributed by atoms with Crippen LogP contribution >= 0.6 is 11.6 Å². The average molecular weight is 276 g/mol. The second-order valence-corrected chi connectivity index (χ2v) is 4.97. The van der Waals surface area contributed by atoms with E-state index < -0.39 is 5.54 Å². The van der Waals surface area contributed by atoms with Crippen molar-refractivity contribution in [2.24, 2.45) is 5.73 Å². The van der Waals surface area contributed by atoms with Gasteiger partial charge >= 0.3 is 0 Å². The predicted molar refractivity (Wildman–Crippen MR) is 79.7 cm³/mol. The maximum atomic E-state index is 6.65. The van der Waals surface area contributed by atoms with Gasteiger partial charge in [-0.25, -0.2) is 0 Å². The van der Waals surface area contributed by atoms with Crippen molar-refractivity contribution in [1.29, 1.82) is 0 Å². The molecule has 2 aromatic carbocycles. The maximum absolute atomic E-state index is 6.65. The topological polar surface area (TPSA) is 35.2 Å². The Balaban J connectivity index is 2.62. The van der Waals surface area contributed by atoms with Crippen molar-refractivity contribution in [3.63, 3.8) is 0 Å². The highest BCUT2D eigenvalue weighted by molar-refractivity contribution is 6.30. The summed E-state index contributed by atoms with van der Waals surface area (Å²) in [7, 11) is 1.65. The van der Waals surface area contributed by atoms with Crippen LogP contribution in [0.15, 0.2) is 48.5 Å². The molecule has 0 bridgehead atoms. The molecule has 2 aromatic rings. The maximum Gasteiger partial charge on any atom is 0.124 e. The van der Waals surface area contributed by atoms with Crippen molar-refractivity contribution >= 4 is 11.6 Å². The minimum Gasteiger partial charge on any atom is -0.496 e. The summed E-state index contributed by atoms with van der Waals surface area (Å²) in [5.74, 6) is 0.762. The molecule has 1 unspecified atom stereocenters. The van der Waals surface area contributed by atoms with Gasteiger partial charge in [-0.15, -0.1) is 0 Å². The van der Waals surface area contributed by atoms with E-state index in [1.807, 2.05) is 48.5 Å². The van der Waals surface area contributed by atoms with Gasteiger partial charge < -0.3 is 10.5 Å². The van der Waals surface area contributed by atoms with Crippen LogP contribution in [0.2, 0.25) is 5.02 Å². The highest BCUT2D eigenvalue weighted by Gasteiger charge is 2.30. The SMILES string of the molecule is CCC(N)(c1ccccc1)c1cc(Cl)ccc1OC. The van der Waals surface area contributed by atoms with Crippen molar-refractivity contribution in [2.45, 2.75) is 18.9 Å². The summed E-state index contributed by atoms with van der Waals surface area (Å²) >= 11 is 6.11. The van der Waals surface area contributed by atoms with Gasteiger partial charge in [-0.05, 0) is 30.2 Å². The lowest BCUT2D eigenvalue weighted by atomic mass is 9.81. The van der Waals surface area contributed by atoms with Gasteiger partial charge in [0.05, 0.1) is 12.6 Å². The largest absolute Gasteiger partial charge is 0.496 e. The van der Waals surface area contributed by atoms with E-state index in [1.165, 1.54) is 0 Å². The first kappa shape index (κ1) is 13.9. The van der Waals surface area contributed by atoms with E-state index in [-0.39, 0.29) is 0 Å². The number of benzene rings is 2. The molecular formula is C16H18ClNO. The number of halogens is 1. The number of rotatable bonds is 4. The first-order chi connectivity index (χ1) is 9.11. The van der Waals surface area contributed by atoms with E-state index in [1.54, 1.807) is 7.11 Å². The quantitative estimate of drug-likeness (QED) is 0.917. The van der Waals surface area contributed by atoms with Crippen LogP contribution in [-0.2, 0) is 5.54 Å². The van der Waals surface area contributed by atoms with Crippen LogP contribution in [-0.4, -0.2) is 7.11 Å². The highest BCUT2D eigenvalue weighted by Crippen LogP contribution is 2.37. The third-order valence-electron chi connectivity index (χ3n) is 3.49.